The number of amides is 1. The number of carbonyl (C=O) groups excluding carboxylic acids is 1. The Morgan fingerprint density at radius 1 is 1.10 bits per heavy atom. The van der Waals surface area contributed by atoms with E-state index in [0.717, 1.165) is 0 Å². The SMILES string of the molecule is CC(C)(C)OC(=O)NCCNCC(F)C(C)(C)C(F)F. The molecule has 0 aliphatic rings. The third-order valence-electron chi connectivity index (χ3n) is 2.66. The van der Waals surface area contributed by atoms with Crippen molar-refractivity contribution in [3.63, 3.8) is 0 Å². The molecule has 0 saturated carbocycles. The molecule has 0 aromatic heterocycles. The van der Waals surface area contributed by atoms with E-state index < -0.39 is 29.7 Å². The van der Waals surface area contributed by atoms with E-state index in [2.05, 4.69) is 10.6 Å². The second-order valence-corrected chi connectivity index (χ2v) is 6.22. The van der Waals surface area contributed by atoms with E-state index in [0.29, 0.717) is 0 Å². The predicted octanol–water partition coefficient (Wildman–Crippen LogP) is 2.73. The van der Waals surface area contributed by atoms with E-state index >= 15 is 0 Å². The van der Waals surface area contributed by atoms with Gasteiger partial charge >= 0.3 is 6.09 Å². The summed E-state index contributed by atoms with van der Waals surface area (Å²) in [5.41, 5.74) is -2.27. The van der Waals surface area contributed by atoms with Crippen LogP contribution in [0.5, 0.6) is 0 Å². The Kier molecular flexibility index (Phi) is 7.33. The lowest BCUT2D eigenvalue weighted by molar-refractivity contribution is -0.0332. The molecule has 0 aromatic rings. The molecule has 0 aliphatic heterocycles. The third kappa shape index (κ3) is 7.57. The molecule has 0 heterocycles. The van der Waals surface area contributed by atoms with E-state index in [1.165, 1.54) is 13.8 Å². The smallest absolute Gasteiger partial charge is 0.407 e. The predicted molar refractivity (Wildman–Crippen MR) is 71.8 cm³/mol. The van der Waals surface area contributed by atoms with Crippen LogP contribution in [0.3, 0.4) is 0 Å². The van der Waals surface area contributed by atoms with Gasteiger partial charge in [-0.3, -0.25) is 0 Å². The van der Waals surface area contributed by atoms with Crippen molar-refractivity contribution in [2.75, 3.05) is 19.6 Å². The van der Waals surface area contributed by atoms with E-state index in [1.807, 2.05) is 0 Å². The van der Waals surface area contributed by atoms with Gasteiger partial charge in [0.25, 0.3) is 0 Å². The first-order valence-electron chi connectivity index (χ1n) is 6.56. The maximum Gasteiger partial charge on any atom is 0.407 e. The molecule has 0 aliphatic carbocycles. The van der Waals surface area contributed by atoms with Gasteiger partial charge in [0.05, 0.1) is 5.41 Å². The average molecular weight is 298 g/mol. The van der Waals surface area contributed by atoms with Gasteiger partial charge in [-0.15, -0.1) is 0 Å². The molecule has 7 heteroatoms. The highest BCUT2D eigenvalue weighted by Crippen LogP contribution is 2.30. The van der Waals surface area contributed by atoms with Crippen molar-refractivity contribution >= 4 is 6.09 Å². The molecule has 0 fully saturated rings. The fraction of sp³-hybridized carbons (Fsp3) is 0.923. The van der Waals surface area contributed by atoms with Crippen LogP contribution in [0.15, 0.2) is 0 Å². The summed E-state index contributed by atoms with van der Waals surface area (Å²) >= 11 is 0. The van der Waals surface area contributed by atoms with Gasteiger partial charge < -0.3 is 15.4 Å². The van der Waals surface area contributed by atoms with Gasteiger partial charge in [0.1, 0.15) is 11.8 Å². The zero-order valence-electron chi connectivity index (χ0n) is 12.7. The molecule has 20 heavy (non-hydrogen) atoms. The first-order chi connectivity index (χ1) is 8.97. The van der Waals surface area contributed by atoms with Crippen molar-refractivity contribution in [1.82, 2.24) is 10.6 Å². The van der Waals surface area contributed by atoms with Crippen molar-refractivity contribution in [3.05, 3.63) is 0 Å². The molecule has 0 radical (unpaired) electrons. The highest BCUT2D eigenvalue weighted by molar-refractivity contribution is 5.67. The molecule has 1 amide bonds. The van der Waals surface area contributed by atoms with Crippen molar-refractivity contribution < 1.29 is 22.7 Å². The van der Waals surface area contributed by atoms with E-state index in [4.69, 9.17) is 4.74 Å². The fourth-order valence-electron chi connectivity index (χ4n) is 1.20. The highest BCUT2D eigenvalue weighted by Gasteiger charge is 2.38. The first kappa shape index (κ1) is 19.0. The van der Waals surface area contributed by atoms with Crippen LogP contribution >= 0.6 is 0 Å². The van der Waals surface area contributed by atoms with Crippen molar-refractivity contribution in [3.8, 4) is 0 Å². The van der Waals surface area contributed by atoms with Gasteiger partial charge in [-0.2, -0.15) is 0 Å². The molecule has 2 N–H and O–H groups in total. The molecule has 1 unspecified atom stereocenters. The lowest BCUT2D eigenvalue weighted by Gasteiger charge is -2.27. The Hall–Kier alpha value is -0.980. The Morgan fingerprint density at radius 3 is 2.10 bits per heavy atom. The molecule has 120 valence electrons. The number of nitrogens with one attached hydrogen (secondary N) is 2. The molecule has 0 bridgehead atoms. The highest BCUT2D eigenvalue weighted by atomic mass is 19.3. The molecule has 1 atom stereocenters. The summed E-state index contributed by atoms with van der Waals surface area (Å²) in [5.74, 6) is 0. The molecular weight excluding hydrogens is 273 g/mol. The molecular formula is C13H25F3N2O2. The van der Waals surface area contributed by atoms with Crippen LogP contribution < -0.4 is 10.6 Å². The number of rotatable bonds is 7. The van der Waals surface area contributed by atoms with Crippen LogP contribution in [-0.2, 0) is 4.74 Å². The Bertz CT molecular complexity index is 304. The van der Waals surface area contributed by atoms with Crippen LogP contribution in [-0.4, -0.2) is 43.9 Å². The van der Waals surface area contributed by atoms with Gasteiger partial charge in [-0.1, -0.05) is 13.8 Å². The van der Waals surface area contributed by atoms with Gasteiger partial charge in [-0.05, 0) is 20.8 Å². The molecule has 0 aromatic carbocycles. The summed E-state index contributed by atoms with van der Waals surface area (Å²) < 4.78 is 43.7. The monoisotopic (exact) mass is 298 g/mol. The lowest BCUT2D eigenvalue weighted by atomic mass is 9.88. The summed E-state index contributed by atoms with van der Waals surface area (Å²) in [5, 5.41) is 5.17. The van der Waals surface area contributed by atoms with Crippen LogP contribution in [0.2, 0.25) is 0 Å². The van der Waals surface area contributed by atoms with E-state index in [9.17, 15) is 18.0 Å². The minimum Gasteiger partial charge on any atom is -0.444 e. The number of hydrogen-bond donors (Lipinski definition) is 2. The number of alkyl carbamates (subject to hydrolysis) is 1. The normalized spacial score (nSPS) is 14.2. The van der Waals surface area contributed by atoms with Crippen LogP contribution in [0.4, 0.5) is 18.0 Å². The molecule has 0 spiro atoms. The topological polar surface area (TPSA) is 50.4 Å². The second kappa shape index (κ2) is 7.71. The maximum atomic E-state index is 13.6. The summed E-state index contributed by atoms with van der Waals surface area (Å²) in [6, 6.07) is 0. The number of hydrogen-bond acceptors (Lipinski definition) is 3. The first-order valence-corrected chi connectivity index (χ1v) is 6.56. The molecule has 0 saturated heterocycles. The zero-order chi connectivity index (χ0) is 16.0. The standard InChI is InChI=1S/C13H25F3N2O2/c1-12(2,3)20-11(19)18-7-6-17-8-9(14)13(4,5)10(15)16/h9-10,17H,6-8H2,1-5H3,(H,18,19). The minimum atomic E-state index is -2.72. The lowest BCUT2D eigenvalue weighted by Crippen LogP contribution is -2.42. The summed E-state index contributed by atoms with van der Waals surface area (Å²) in [4.78, 5) is 11.3. The number of alkyl halides is 3. The van der Waals surface area contributed by atoms with Crippen LogP contribution in [0, 0.1) is 5.41 Å². The summed E-state index contributed by atoms with van der Waals surface area (Å²) in [7, 11) is 0. The van der Waals surface area contributed by atoms with E-state index in [-0.39, 0.29) is 19.6 Å². The largest absolute Gasteiger partial charge is 0.444 e. The van der Waals surface area contributed by atoms with Gasteiger partial charge in [0.15, 0.2) is 0 Å². The zero-order valence-corrected chi connectivity index (χ0v) is 12.7. The van der Waals surface area contributed by atoms with Crippen LogP contribution in [0.1, 0.15) is 34.6 Å². The van der Waals surface area contributed by atoms with Gasteiger partial charge in [0.2, 0.25) is 6.43 Å². The van der Waals surface area contributed by atoms with E-state index in [1.54, 1.807) is 20.8 Å². The van der Waals surface area contributed by atoms with Crippen LogP contribution in [0.25, 0.3) is 0 Å². The summed E-state index contributed by atoms with van der Waals surface area (Å²) in [6.45, 7) is 7.91. The third-order valence-corrected chi connectivity index (χ3v) is 2.66. The number of halogens is 3. The fourth-order valence-corrected chi connectivity index (χ4v) is 1.20. The number of carbonyl (C=O) groups is 1. The van der Waals surface area contributed by atoms with Crippen molar-refractivity contribution in [1.29, 1.82) is 0 Å². The Morgan fingerprint density at radius 2 is 1.65 bits per heavy atom. The molecule has 4 nitrogen and oxygen atoms in total. The number of ether oxygens (including phenoxy) is 1. The quantitative estimate of drug-likeness (QED) is 0.711. The Labute approximate surface area is 118 Å². The maximum absolute atomic E-state index is 13.6. The van der Waals surface area contributed by atoms with Gasteiger partial charge in [-0.25, -0.2) is 18.0 Å². The van der Waals surface area contributed by atoms with Crippen molar-refractivity contribution in [2.24, 2.45) is 5.41 Å². The summed E-state index contributed by atoms with van der Waals surface area (Å²) in [6.07, 6.45) is -4.95. The van der Waals surface area contributed by atoms with Gasteiger partial charge in [0, 0.05) is 19.6 Å². The Balaban J connectivity index is 3.80. The van der Waals surface area contributed by atoms with Crippen molar-refractivity contribution in [2.45, 2.75) is 52.8 Å². The second-order valence-electron chi connectivity index (χ2n) is 6.22. The average Bonchev–Trinajstić information content (AvgIpc) is 2.25. The minimum absolute atomic E-state index is 0.187. The molecule has 0 rings (SSSR count).